The number of aliphatic hydroxyl groups excluding tert-OH is 1. The Morgan fingerprint density at radius 2 is 2.29 bits per heavy atom. The van der Waals surface area contributed by atoms with E-state index in [4.69, 9.17) is 0 Å². The molecule has 0 aliphatic heterocycles. The minimum Gasteiger partial charge on any atom is -0.396 e. The molecule has 5 nitrogen and oxygen atoms in total. The largest absolute Gasteiger partial charge is 0.396 e. The van der Waals surface area contributed by atoms with E-state index in [1.165, 1.54) is 6.33 Å². The van der Waals surface area contributed by atoms with Crippen LogP contribution in [0, 0.1) is 5.92 Å². The Morgan fingerprint density at radius 3 is 3.06 bits per heavy atom. The second-order valence-electron chi connectivity index (χ2n) is 4.37. The second-order valence-corrected chi connectivity index (χ2v) is 5.17. The van der Waals surface area contributed by atoms with Crippen LogP contribution in [-0.4, -0.2) is 27.7 Å². The van der Waals surface area contributed by atoms with E-state index < -0.39 is 0 Å². The molecule has 0 bridgehead atoms. The molecule has 2 rings (SSSR count). The zero-order chi connectivity index (χ0) is 12.3. The molecule has 1 aromatic heterocycles. The third kappa shape index (κ3) is 2.87. The molecular formula is C11H16BrN3O2. The fraction of sp³-hybridized carbons (Fsp3) is 0.636. The van der Waals surface area contributed by atoms with Crippen LogP contribution in [-0.2, 0) is 0 Å². The summed E-state index contributed by atoms with van der Waals surface area (Å²) in [5.74, 6) is 0.802. The van der Waals surface area contributed by atoms with Crippen molar-refractivity contribution < 1.29 is 5.11 Å². The molecule has 1 heterocycles. The Bertz CT molecular complexity index is 435. The van der Waals surface area contributed by atoms with Crippen molar-refractivity contribution in [3.63, 3.8) is 0 Å². The van der Waals surface area contributed by atoms with Gasteiger partial charge in [-0.3, -0.25) is 4.79 Å². The molecule has 1 saturated carbocycles. The molecule has 0 aromatic carbocycles. The first-order valence-electron chi connectivity index (χ1n) is 5.83. The predicted octanol–water partition coefficient (Wildman–Crippen LogP) is 1.50. The Labute approximate surface area is 108 Å². The van der Waals surface area contributed by atoms with Gasteiger partial charge in [0.25, 0.3) is 5.56 Å². The Kier molecular flexibility index (Phi) is 4.17. The summed E-state index contributed by atoms with van der Waals surface area (Å²) in [6.45, 7) is 0.179. The van der Waals surface area contributed by atoms with E-state index >= 15 is 0 Å². The molecule has 0 amide bonds. The standard InChI is InChI=1S/C11H16BrN3O2/c12-9-10(13-6-14-11(9)17)15-8-4-2-1-3-7(8)5-16/h6-8,16H,1-5H2,(H2,13,14,15,17). The molecule has 1 aliphatic carbocycles. The lowest BCUT2D eigenvalue weighted by molar-refractivity contribution is 0.178. The fourth-order valence-electron chi connectivity index (χ4n) is 2.28. The lowest BCUT2D eigenvalue weighted by Crippen LogP contribution is -2.35. The van der Waals surface area contributed by atoms with Gasteiger partial charge in [-0.25, -0.2) is 4.98 Å². The quantitative estimate of drug-likeness (QED) is 0.790. The van der Waals surface area contributed by atoms with Gasteiger partial charge in [-0.2, -0.15) is 0 Å². The highest BCUT2D eigenvalue weighted by Crippen LogP contribution is 2.27. The van der Waals surface area contributed by atoms with E-state index in [9.17, 15) is 9.90 Å². The summed E-state index contributed by atoms with van der Waals surface area (Å²) >= 11 is 3.22. The molecule has 0 radical (unpaired) electrons. The fourth-order valence-corrected chi connectivity index (χ4v) is 2.61. The van der Waals surface area contributed by atoms with Crippen LogP contribution in [0.25, 0.3) is 0 Å². The van der Waals surface area contributed by atoms with Gasteiger partial charge in [0.2, 0.25) is 0 Å². The molecule has 0 spiro atoms. The van der Waals surface area contributed by atoms with Crippen LogP contribution in [0.15, 0.2) is 15.6 Å². The van der Waals surface area contributed by atoms with E-state index in [0.29, 0.717) is 10.3 Å². The van der Waals surface area contributed by atoms with Gasteiger partial charge in [0.15, 0.2) is 0 Å². The second kappa shape index (κ2) is 5.64. The molecule has 0 saturated heterocycles. The molecule has 1 aromatic rings. The van der Waals surface area contributed by atoms with Crippen molar-refractivity contribution in [2.75, 3.05) is 11.9 Å². The van der Waals surface area contributed by atoms with Crippen molar-refractivity contribution in [2.24, 2.45) is 5.92 Å². The Hall–Kier alpha value is -0.880. The lowest BCUT2D eigenvalue weighted by Gasteiger charge is -2.31. The summed E-state index contributed by atoms with van der Waals surface area (Å²) < 4.78 is 0.419. The summed E-state index contributed by atoms with van der Waals surface area (Å²) in [5, 5.41) is 12.6. The first-order valence-corrected chi connectivity index (χ1v) is 6.62. The van der Waals surface area contributed by atoms with E-state index in [1.807, 2.05) is 0 Å². The highest BCUT2D eigenvalue weighted by atomic mass is 79.9. The summed E-state index contributed by atoms with van der Waals surface area (Å²) in [6.07, 6.45) is 5.72. The number of halogens is 1. The zero-order valence-electron chi connectivity index (χ0n) is 9.45. The van der Waals surface area contributed by atoms with Gasteiger partial charge in [-0.1, -0.05) is 12.8 Å². The van der Waals surface area contributed by atoms with Gasteiger partial charge in [-0.15, -0.1) is 0 Å². The molecule has 2 unspecified atom stereocenters. The molecule has 1 aliphatic rings. The highest BCUT2D eigenvalue weighted by molar-refractivity contribution is 9.10. The number of aliphatic hydroxyl groups is 1. The maximum atomic E-state index is 11.4. The molecule has 2 atom stereocenters. The van der Waals surface area contributed by atoms with E-state index in [2.05, 4.69) is 31.2 Å². The molecule has 17 heavy (non-hydrogen) atoms. The molecular weight excluding hydrogens is 286 g/mol. The normalized spacial score (nSPS) is 24.6. The Morgan fingerprint density at radius 1 is 1.53 bits per heavy atom. The molecule has 94 valence electrons. The van der Waals surface area contributed by atoms with Gasteiger partial charge in [0.05, 0.1) is 6.33 Å². The maximum absolute atomic E-state index is 11.4. The van der Waals surface area contributed by atoms with Gasteiger partial charge >= 0.3 is 0 Å². The van der Waals surface area contributed by atoms with Crippen LogP contribution in [0.3, 0.4) is 0 Å². The van der Waals surface area contributed by atoms with Gasteiger partial charge in [0.1, 0.15) is 10.3 Å². The third-order valence-electron chi connectivity index (χ3n) is 3.26. The number of anilines is 1. The van der Waals surface area contributed by atoms with Crippen molar-refractivity contribution in [2.45, 2.75) is 31.7 Å². The number of aromatic amines is 1. The van der Waals surface area contributed by atoms with Crippen molar-refractivity contribution in [3.05, 3.63) is 21.2 Å². The van der Waals surface area contributed by atoms with Crippen molar-refractivity contribution >= 4 is 21.7 Å². The summed E-state index contributed by atoms with van der Waals surface area (Å²) in [7, 11) is 0. The first-order chi connectivity index (χ1) is 8.22. The third-order valence-corrected chi connectivity index (χ3v) is 4.00. The summed E-state index contributed by atoms with van der Waals surface area (Å²) in [6, 6.07) is 0.194. The van der Waals surface area contributed by atoms with E-state index in [-0.39, 0.29) is 24.1 Å². The van der Waals surface area contributed by atoms with Crippen LogP contribution in [0.2, 0.25) is 0 Å². The average molecular weight is 302 g/mol. The Balaban J connectivity index is 2.13. The van der Waals surface area contributed by atoms with Crippen molar-refractivity contribution in [1.82, 2.24) is 9.97 Å². The number of rotatable bonds is 3. The molecule has 1 fully saturated rings. The average Bonchev–Trinajstić information content (AvgIpc) is 2.35. The topological polar surface area (TPSA) is 78.0 Å². The number of H-pyrrole nitrogens is 1. The maximum Gasteiger partial charge on any atom is 0.267 e. The summed E-state index contributed by atoms with van der Waals surface area (Å²) in [5.41, 5.74) is -0.196. The van der Waals surface area contributed by atoms with Crippen molar-refractivity contribution in [3.8, 4) is 0 Å². The van der Waals surface area contributed by atoms with E-state index in [1.54, 1.807) is 0 Å². The highest BCUT2D eigenvalue weighted by Gasteiger charge is 2.25. The number of nitrogens with one attached hydrogen (secondary N) is 2. The first kappa shape index (κ1) is 12.6. The number of hydrogen-bond donors (Lipinski definition) is 3. The van der Waals surface area contributed by atoms with Crippen LogP contribution in [0.1, 0.15) is 25.7 Å². The van der Waals surface area contributed by atoms with Crippen molar-refractivity contribution in [1.29, 1.82) is 0 Å². The van der Waals surface area contributed by atoms with Gasteiger partial charge < -0.3 is 15.4 Å². The lowest BCUT2D eigenvalue weighted by atomic mass is 9.85. The number of aromatic nitrogens is 2. The van der Waals surface area contributed by atoms with Crippen LogP contribution >= 0.6 is 15.9 Å². The molecule has 6 heteroatoms. The van der Waals surface area contributed by atoms with Gasteiger partial charge in [-0.05, 0) is 28.8 Å². The molecule has 3 N–H and O–H groups in total. The van der Waals surface area contributed by atoms with Crippen LogP contribution in [0.4, 0.5) is 5.82 Å². The van der Waals surface area contributed by atoms with E-state index in [0.717, 1.165) is 25.7 Å². The predicted molar refractivity (Wildman–Crippen MR) is 69.0 cm³/mol. The summed E-state index contributed by atoms with van der Waals surface area (Å²) in [4.78, 5) is 18.0. The minimum atomic E-state index is -0.196. The zero-order valence-corrected chi connectivity index (χ0v) is 11.0. The van der Waals surface area contributed by atoms with Gasteiger partial charge in [0, 0.05) is 18.6 Å². The van der Waals surface area contributed by atoms with Crippen LogP contribution < -0.4 is 10.9 Å². The smallest absolute Gasteiger partial charge is 0.267 e. The minimum absolute atomic E-state index is 0.179. The number of hydrogen-bond acceptors (Lipinski definition) is 4. The van der Waals surface area contributed by atoms with Crippen LogP contribution in [0.5, 0.6) is 0 Å². The number of nitrogens with zero attached hydrogens (tertiary/aromatic N) is 1. The SMILES string of the molecule is O=c1[nH]cnc(NC2CCCCC2CO)c1Br. The monoisotopic (exact) mass is 301 g/mol.